The molecule has 0 aliphatic heterocycles. The fourth-order valence-corrected chi connectivity index (χ4v) is 1.65. The average molecular weight is 236 g/mol. The highest BCUT2D eigenvalue weighted by Crippen LogP contribution is 2.17. The number of hydrogen-bond acceptors (Lipinski definition) is 3. The van der Waals surface area contributed by atoms with Crippen molar-refractivity contribution in [2.75, 3.05) is 24.2 Å². The molecule has 1 rings (SSSR count). The second kappa shape index (κ2) is 7.17. The quantitative estimate of drug-likeness (QED) is 0.564. The van der Waals surface area contributed by atoms with Crippen LogP contribution in [0.3, 0.4) is 0 Å². The van der Waals surface area contributed by atoms with E-state index in [1.54, 1.807) is 0 Å². The first-order chi connectivity index (χ1) is 8.09. The van der Waals surface area contributed by atoms with Gasteiger partial charge in [-0.1, -0.05) is 0 Å². The van der Waals surface area contributed by atoms with E-state index in [2.05, 4.69) is 26.1 Å². The minimum Gasteiger partial charge on any atom is -0.399 e. The molecular weight excluding hydrogens is 212 g/mol. The van der Waals surface area contributed by atoms with Gasteiger partial charge in [-0.2, -0.15) is 0 Å². The number of unbranched alkanes of at least 4 members (excludes halogenated alkanes) is 1. The van der Waals surface area contributed by atoms with Crippen molar-refractivity contribution in [1.29, 1.82) is 0 Å². The van der Waals surface area contributed by atoms with E-state index >= 15 is 0 Å². The lowest BCUT2D eigenvalue weighted by atomic mass is 10.2. The van der Waals surface area contributed by atoms with Gasteiger partial charge in [-0.25, -0.2) is 0 Å². The molecule has 0 saturated carbocycles. The lowest BCUT2D eigenvalue weighted by Crippen LogP contribution is -2.07. The minimum absolute atomic E-state index is 0.335. The molecule has 0 radical (unpaired) electrons. The normalized spacial score (nSPS) is 10.8. The van der Waals surface area contributed by atoms with Crippen LogP contribution in [0.1, 0.15) is 32.3 Å². The van der Waals surface area contributed by atoms with Gasteiger partial charge in [0, 0.05) is 24.5 Å². The summed E-state index contributed by atoms with van der Waals surface area (Å²) in [6.07, 6.45) is 2.55. The first kappa shape index (κ1) is 13.8. The maximum atomic E-state index is 5.71. The van der Waals surface area contributed by atoms with Crippen molar-refractivity contribution in [3.8, 4) is 0 Å². The molecule has 3 heteroatoms. The van der Waals surface area contributed by atoms with Crippen LogP contribution in [0.5, 0.6) is 0 Å². The molecule has 0 saturated heterocycles. The molecular formula is C14H24N2O. The van der Waals surface area contributed by atoms with E-state index in [0.29, 0.717) is 6.10 Å². The fourth-order valence-electron chi connectivity index (χ4n) is 1.65. The van der Waals surface area contributed by atoms with Crippen LogP contribution in [0.4, 0.5) is 11.4 Å². The molecule has 0 aliphatic carbocycles. The Hall–Kier alpha value is -1.22. The van der Waals surface area contributed by atoms with Gasteiger partial charge in [0.15, 0.2) is 0 Å². The Labute approximate surface area is 104 Å². The summed E-state index contributed by atoms with van der Waals surface area (Å²) in [5, 5.41) is 3.42. The van der Waals surface area contributed by atoms with E-state index in [1.807, 2.05) is 18.2 Å². The molecule has 0 heterocycles. The molecule has 0 atom stereocenters. The maximum absolute atomic E-state index is 5.71. The molecule has 3 N–H and O–H groups in total. The summed E-state index contributed by atoms with van der Waals surface area (Å²) in [5.74, 6) is 0. The zero-order valence-electron chi connectivity index (χ0n) is 11.1. The average Bonchev–Trinajstić information content (AvgIpc) is 2.25. The summed E-state index contributed by atoms with van der Waals surface area (Å²) < 4.78 is 5.49. The molecule has 0 aromatic heterocycles. The van der Waals surface area contributed by atoms with Crippen molar-refractivity contribution in [2.45, 2.75) is 39.7 Å². The van der Waals surface area contributed by atoms with Crippen molar-refractivity contribution in [1.82, 2.24) is 0 Å². The Morgan fingerprint density at radius 2 is 2.06 bits per heavy atom. The highest BCUT2D eigenvalue weighted by atomic mass is 16.5. The standard InChI is InChI=1S/C14H24N2O/c1-11(2)17-9-5-4-8-16-14-7-6-13(15)10-12(14)3/h6-7,10-11,16H,4-5,8-9,15H2,1-3H3. The highest BCUT2D eigenvalue weighted by Gasteiger charge is 1.98. The van der Waals surface area contributed by atoms with Crippen molar-refractivity contribution in [3.05, 3.63) is 23.8 Å². The summed E-state index contributed by atoms with van der Waals surface area (Å²) in [4.78, 5) is 0. The van der Waals surface area contributed by atoms with Gasteiger partial charge in [-0.05, 0) is 57.4 Å². The van der Waals surface area contributed by atoms with Gasteiger partial charge in [0.1, 0.15) is 0 Å². The number of nitrogen functional groups attached to an aromatic ring is 1. The van der Waals surface area contributed by atoms with E-state index in [9.17, 15) is 0 Å². The van der Waals surface area contributed by atoms with Crippen LogP contribution in [0, 0.1) is 6.92 Å². The van der Waals surface area contributed by atoms with Crippen LogP contribution in [0.25, 0.3) is 0 Å². The number of hydrogen-bond donors (Lipinski definition) is 2. The van der Waals surface area contributed by atoms with Crippen molar-refractivity contribution in [3.63, 3.8) is 0 Å². The van der Waals surface area contributed by atoms with Crippen LogP contribution in [-0.4, -0.2) is 19.3 Å². The van der Waals surface area contributed by atoms with Crippen molar-refractivity contribution in [2.24, 2.45) is 0 Å². The molecule has 0 spiro atoms. The monoisotopic (exact) mass is 236 g/mol. The van der Waals surface area contributed by atoms with Gasteiger partial charge in [-0.3, -0.25) is 0 Å². The Kier molecular flexibility index (Phi) is 5.84. The number of ether oxygens (including phenoxy) is 1. The van der Waals surface area contributed by atoms with Gasteiger partial charge < -0.3 is 15.8 Å². The summed E-state index contributed by atoms with van der Waals surface area (Å²) >= 11 is 0. The zero-order chi connectivity index (χ0) is 12.7. The molecule has 0 fully saturated rings. The van der Waals surface area contributed by atoms with Crippen LogP contribution in [0.15, 0.2) is 18.2 Å². The molecule has 0 bridgehead atoms. The lowest BCUT2D eigenvalue weighted by Gasteiger charge is -2.11. The third-order valence-corrected chi connectivity index (χ3v) is 2.59. The minimum atomic E-state index is 0.335. The van der Waals surface area contributed by atoms with E-state index < -0.39 is 0 Å². The zero-order valence-corrected chi connectivity index (χ0v) is 11.1. The molecule has 96 valence electrons. The Bertz CT molecular complexity index is 337. The smallest absolute Gasteiger partial charge is 0.0518 e. The second-order valence-electron chi connectivity index (χ2n) is 4.63. The molecule has 0 aliphatic rings. The van der Waals surface area contributed by atoms with E-state index in [-0.39, 0.29) is 0 Å². The number of aryl methyl sites for hydroxylation is 1. The largest absolute Gasteiger partial charge is 0.399 e. The predicted octanol–water partition coefficient (Wildman–Crippen LogP) is 3.19. The summed E-state index contributed by atoms with van der Waals surface area (Å²) in [7, 11) is 0. The van der Waals surface area contributed by atoms with Gasteiger partial charge in [0.2, 0.25) is 0 Å². The molecule has 0 amide bonds. The molecule has 1 aromatic rings. The Morgan fingerprint density at radius 3 is 2.71 bits per heavy atom. The maximum Gasteiger partial charge on any atom is 0.0518 e. The highest BCUT2D eigenvalue weighted by molar-refractivity contribution is 5.57. The van der Waals surface area contributed by atoms with Gasteiger partial charge in [-0.15, -0.1) is 0 Å². The molecule has 3 nitrogen and oxygen atoms in total. The van der Waals surface area contributed by atoms with E-state index in [1.165, 1.54) is 11.3 Å². The summed E-state index contributed by atoms with van der Waals surface area (Å²) in [6.45, 7) is 8.03. The van der Waals surface area contributed by atoms with Crippen molar-refractivity contribution >= 4 is 11.4 Å². The Balaban J connectivity index is 2.18. The van der Waals surface area contributed by atoms with Crippen LogP contribution >= 0.6 is 0 Å². The van der Waals surface area contributed by atoms with Gasteiger partial charge in [0.25, 0.3) is 0 Å². The SMILES string of the molecule is Cc1cc(N)ccc1NCCCCOC(C)C. The van der Waals surface area contributed by atoms with Crippen molar-refractivity contribution < 1.29 is 4.74 Å². The second-order valence-corrected chi connectivity index (χ2v) is 4.63. The number of benzene rings is 1. The van der Waals surface area contributed by atoms with E-state index in [0.717, 1.165) is 31.7 Å². The first-order valence-corrected chi connectivity index (χ1v) is 6.31. The van der Waals surface area contributed by atoms with Crippen LogP contribution in [0.2, 0.25) is 0 Å². The number of nitrogens with two attached hydrogens (primary N) is 1. The lowest BCUT2D eigenvalue weighted by molar-refractivity contribution is 0.0765. The van der Waals surface area contributed by atoms with E-state index in [4.69, 9.17) is 10.5 Å². The van der Waals surface area contributed by atoms with Crippen LogP contribution in [-0.2, 0) is 4.74 Å². The Morgan fingerprint density at radius 1 is 1.29 bits per heavy atom. The fraction of sp³-hybridized carbons (Fsp3) is 0.571. The predicted molar refractivity (Wildman–Crippen MR) is 74.4 cm³/mol. The summed E-state index contributed by atoms with van der Waals surface area (Å²) in [6, 6.07) is 5.96. The summed E-state index contributed by atoms with van der Waals surface area (Å²) in [5.41, 5.74) is 8.89. The number of nitrogens with one attached hydrogen (secondary N) is 1. The first-order valence-electron chi connectivity index (χ1n) is 6.31. The number of rotatable bonds is 7. The van der Waals surface area contributed by atoms with Gasteiger partial charge >= 0.3 is 0 Å². The third kappa shape index (κ3) is 5.59. The molecule has 0 unspecified atom stereocenters. The molecule has 17 heavy (non-hydrogen) atoms. The topological polar surface area (TPSA) is 47.3 Å². The third-order valence-electron chi connectivity index (χ3n) is 2.59. The van der Waals surface area contributed by atoms with Gasteiger partial charge in [0.05, 0.1) is 6.10 Å². The van der Waals surface area contributed by atoms with Crippen LogP contribution < -0.4 is 11.1 Å². The molecule has 1 aromatic carbocycles. The number of anilines is 2.